The van der Waals surface area contributed by atoms with Crippen LogP contribution in [0.4, 0.5) is 0 Å². The van der Waals surface area contributed by atoms with E-state index in [4.69, 9.17) is 9.15 Å². The predicted octanol–water partition coefficient (Wildman–Crippen LogP) is 3.20. The van der Waals surface area contributed by atoms with Crippen LogP contribution in [-0.4, -0.2) is 18.0 Å². The first kappa shape index (κ1) is 14.8. The minimum Gasteiger partial charge on any atom is -0.496 e. The first-order chi connectivity index (χ1) is 11.3. The van der Waals surface area contributed by atoms with Crippen LogP contribution in [0.1, 0.15) is 27.9 Å². The number of hydrogen-bond donors (Lipinski definition) is 1. The van der Waals surface area contributed by atoms with Gasteiger partial charge in [-0.3, -0.25) is 9.78 Å². The van der Waals surface area contributed by atoms with E-state index in [1.807, 2.05) is 42.5 Å². The summed E-state index contributed by atoms with van der Waals surface area (Å²) < 4.78 is 10.6. The molecule has 116 valence electrons. The second-order valence-electron chi connectivity index (χ2n) is 4.88. The Morgan fingerprint density at radius 1 is 1.13 bits per heavy atom. The molecule has 0 fully saturated rings. The van der Waals surface area contributed by atoms with E-state index in [0.29, 0.717) is 5.75 Å². The van der Waals surface area contributed by atoms with Crippen molar-refractivity contribution in [3.63, 3.8) is 0 Å². The van der Waals surface area contributed by atoms with Crippen molar-refractivity contribution in [2.45, 2.75) is 6.04 Å². The second-order valence-corrected chi connectivity index (χ2v) is 4.88. The molecule has 0 aliphatic rings. The fourth-order valence-electron chi connectivity index (χ4n) is 2.37. The minimum absolute atomic E-state index is 0.251. The van der Waals surface area contributed by atoms with Crippen molar-refractivity contribution in [1.82, 2.24) is 10.3 Å². The van der Waals surface area contributed by atoms with Gasteiger partial charge in [-0.2, -0.15) is 0 Å². The molecule has 5 heteroatoms. The van der Waals surface area contributed by atoms with Gasteiger partial charge in [0.05, 0.1) is 19.1 Å². The molecular weight excluding hydrogens is 292 g/mol. The van der Waals surface area contributed by atoms with E-state index in [-0.39, 0.29) is 11.7 Å². The Morgan fingerprint density at radius 3 is 2.65 bits per heavy atom. The van der Waals surface area contributed by atoms with Gasteiger partial charge in [0.25, 0.3) is 5.91 Å². The lowest BCUT2D eigenvalue weighted by Gasteiger charge is -2.20. The molecule has 0 bridgehead atoms. The quantitative estimate of drug-likeness (QED) is 0.786. The summed E-state index contributed by atoms with van der Waals surface area (Å²) >= 11 is 0. The molecule has 0 aliphatic heterocycles. The van der Waals surface area contributed by atoms with E-state index < -0.39 is 6.04 Å². The number of rotatable bonds is 5. The molecule has 1 aromatic carbocycles. The van der Waals surface area contributed by atoms with Gasteiger partial charge in [-0.1, -0.05) is 24.3 Å². The maximum Gasteiger partial charge on any atom is 0.287 e. The van der Waals surface area contributed by atoms with Crippen molar-refractivity contribution in [1.29, 1.82) is 0 Å². The molecule has 1 amide bonds. The first-order valence-electron chi connectivity index (χ1n) is 7.18. The number of ether oxygens (including phenoxy) is 1. The molecule has 0 spiro atoms. The maximum atomic E-state index is 12.4. The van der Waals surface area contributed by atoms with E-state index in [1.54, 1.807) is 25.4 Å². The highest BCUT2D eigenvalue weighted by molar-refractivity contribution is 5.91. The van der Waals surface area contributed by atoms with Crippen molar-refractivity contribution in [3.05, 3.63) is 84.1 Å². The second kappa shape index (κ2) is 6.79. The molecule has 23 heavy (non-hydrogen) atoms. The van der Waals surface area contributed by atoms with Gasteiger partial charge in [-0.05, 0) is 30.3 Å². The minimum atomic E-state index is -0.440. The molecule has 0 aliphatic carbocycles. The highest BCUT2D eigenvalue weighted by Crippen LogP contribution is 2.29. The summed E-state index contributed by atoms with van der Waals surface area (Å²) in [5.74, 6) is 0.625. The van der Waals surface area contributed by atoms with Crippen molar-refractivity contribution < 1.29 is 13.9 Å². The van der Waals surface area contributed by atoms with Gasteiger partial charge < -0.3 is 14.5 Å². The van der Waals surface area contributed by atoms with Crippen molar-refractivity contribution in [2.24, 2.45) is 0 Å². The van der Waals surface area contributed by atoms with Crippen LogP contribution in [0.3, 0.4) is 0 Å². The van der Waals surface area contributed by atoms with E-state index >= 15 is 0 Å². The van der Waals surface area contributed by atoms with Crippen molar-refractivity contribution in [3.8, 4) is 5.75 Å². The van der Waals surface area contributed by atoms with Gasteiger partial charge in [0.15, 0.2) is 5.76 Å². The monoisotopic (exact) mass is 308 g/mol. The van der Waals surface area contributed by atoms with Crippen molar-refractivity contribution in [2.75, 3.05) is 7.11 Å². The number of carbonyl (C=O) groups excluding carboxylic acids is 1. The number of amides is 1. The molecule has 0 unspecified atom stereocenters. The van der Waals surface area contributed by atoms with E-state index in [2.05, 4.69) is 10.3 Å². The number of benzene rings is 1. The van der Waals surface area contributed by atoms with Gasteiger partial charge in [0.2, 0.25) is 0 Å². The number of nitrogens with zero attached hydrogens (tertiary/aromatic N) is 1. The van der Waals surface area contributed by atoms with Crippen LogP contribution >= 0.6 is 0 Å². The van der Waals surface area contributed by atoms with Crippen LogP contribution < -0.4 is 10.1 Å². The molecule has 3 rings (SSSR count). The molecule has 5 nitrogen and oxygen atoms in total. The zero-order valence-electron chi connectivity index (χ0n) is 12.6. The number of methoxy groups -OCH3 is 1. The molecule has 3 aromatic rings. The smallest absolute Gasteiger partial charge is 0.287 e. The van der Waals surface area contributed by atoms with Crippen LogP contribution in [0.25, 0.3) is 0 Å². The Balaban J connectivity index is 1.99. The zero-order chi connectivity index (χ0) is 16.1. The van der Waals surface area contributed by atoms with Gasteiger partial charge >= 0.3 is 0 Å². The largest absolute Gasteiger partial charge is 0.496 e. The molecule has 2 aromatic heterocycles. The Bertz CT molecular complexity index is 770. The highest BCUT2D eigenvalue weighted by Gasteiger charge is 2.22. The molecule has 0 saturated heterocycles. The molecule has 0 radical (unpaired) electrons. The van der Waals surface area contributed by atoms with Crippen LogP contribution in [0.5, 0.6) is 5.75 Å². The Labute approximate surface area is 133 Å². The lowest BCUT2D eigenvalue weighted by atomic mass is 10.0. The summed E-state index contributed by atoms with van der Waals surface area (Å²) in [5, 5.41) is 2.95. The Hall–Kier alpha value is -3.08. The summed E-state index contributed by atoms with van der Waals surface area (Å²) in [6.07, 6.45) is 3.16. The fraction of sp³-hybridized carbons (Fsp3) is 0.111. The summed E-state index contributed by atoms with van der Waals surface area (Å²) in [4.78, 5) is 16.8. The molecular formula is C18H16N2O3. The third-order valence-corrected chi connectivity index (χ3v) is 3.45. The van der Waals surface area contributed by atoms with Crippen LogP contribution in [0.15, 0.2) is 71.5 Å². The normalized spacial score (nSPS) is 11.7. The maximum absolute atomic E-state index is 12.4. The third-order valence-electron chi connectivity index (χ3n) is 3.45. The van der Waals surface area contributed by atoms with Gasteiger partial charge in [0.1, 0.15) is 11.8 Å². The number of carbonyl (C=O) groups is 1. The van der Waals surface area contributed by atoms with Crippen LogP contribution in [0.2, 0.25) is 0 Å². The average Bonchev–Trinajstić information content (AvgIpc) is 3.15. The fourth-order valence-corrected chi connectivity index (χ4v) is 2.37. The molecule has 1 N–H and O–H groups in total. The summed E-state index contributed by atoms with van der Waals surface area (Å²) in [6.45, 7) is 0. The Morgan fingerprint density at radius 2 is 1.96 bits per heavy atom. The first-order valence-corrected chi connectivity index (χ1v) is 7.18. The number of pyridine rings is 1. The molecule has 2 heterocycles. The average molecular weight is 308 g/mol. The number of furan rings is 1. The van der Waals surface area contributed by atoms with E-state index in [9.17, 15) is 4.79 Å². The topological polar surface area (TPSA) is 64.4 Å². The van der Waals surface area contributed by atoms with Gasteiger partial charge in [0, 0.05) is 11.8 Å². The number of hydrogen-bond acceptors (Lipinski definition) is 4. The summed E-state index contributed by atoms with van der Waals surface area (Å²) in [7, 11) is 1.60. The Kier molecular flexibility index (Phi) is 4.38. The molecule has 1 atom stereocenters. The van der Waals surface area contributed by atoms with Crippen LogP contribution in [-0.2, 0) is 0 Å². The standard InChI is InChI=1S/C18H16N2O3/c1-22-15-9-3-2-7-13(15)17(14-8-4-5-11-19-14)20-18(21)16-10-6-12-23-16/h2-12,17H,1H3,(H,20,21)/t17-/m1/s1. The van der Waals surface area contributed by atoms with E-state index in [0.717, 1.165) is 11.3 Å². The summed E-state index contributed by atoms with van der Waals surface area (Å²) in [5.41, 5.74) is 1.55. The highest BCUT2D eigenvalue weighted by atomic mass is 16.5. The lowest BCUT2D eigenvalue weighted by Crippen LogP contribution is -2.29. The SMILES string of the molecule is COc1ccccc1[C@@H](NC(=O)c1ccco1)c1ccccn1. The summed E-state index contributed by atoms with van der Waals surface area (Å²) in [6, 6.07) is 16.0. The number of para-hydroxylation sites is 1. The molecule has 0 saturated carbocycles. The van der Waals surface area contributed by atoms with Gasteiger partial charge in [-0.25, -0.2) is 0 Å². The zero-order valence-corrected chi connectivity index (χ0v) is 12.6. The van der Waals surface area contributed by atoms with Gasteiger partial charge in [-0.15, -0.1) is 0 Å². The number of nitrogens with one attached hydrogen (secondary N) is 1. The third kappa shape index (κ3) is 3.23. The number of aromatic nitrogens is 1. The van der Waals surface area contributed by atoms with Crippen molar-refractivity contribution >= 4 is 5.91 Å². The van der Waals surface area contributed by atoms with Crippen LogP contribution in [0, 0.1) is 0 Å². The lowest BCUT2D eigenvalue weighted by molar-refractivity contribution is 0.0914. The van der Waals surface area contributed by atoms with E-state index in [1.165, 1.54) is 6.26 Å². The predicted molar refractivity (Wildman–Crippen MR) is 85.2 cm³/mol.